The number of aryl methyl sites for hydroxylation is 1. The number of benzene rings is 3. The van der Waals surface area contributed by atoms with Crippen molar-refractivity contribution in [2.75, 3.05) is 25.6 Å². The maximum atomic E-state index is 15.4. The average Bonchev–Trinajstić information content (AvgIpc) is 3.52. The van der Waals surface area contributed by atoms with E-state index in [1.54, 1.807) is 18.2 Å². The van der Waals surface area contributed by atoms with Crippen molar-refractivity contribution in [1.29, 1.82) is 0 Å². The molecule has 4 aromatic rings. The molecule has 5 rings (SSSR count). The standard InChI is InChI=1S/C32H32ClFN4O5/c1-18-21(7-6-10-27(18)36-30(39)25-16-37(2)32(41)38(3)31(25)40)23-9-5-8-22(29(23)33)19-13-26(34)24(28(14-19)42-4)15-35-20-11-12-43-17-20/h5-10,13-14,16,20,35H,11-12,15,17H2,1-4H3,(H,36,39)/t20-/m1/s1. The lowest BCUT2D eigenvalue weighted by Gasteiger charge is -2.18. The van der Waals surface area contributed by atoms with E-state index < -0.39 is 23.0 Å². The third-order valence-corrected chi connectivity index (χ3v) is 8.15. The molecule has 11 heteroatoms. The first-order chi connectivity index (χ1) is 20.6. The summed E-state index contributed by atoms with van der Waals surface area (Å²) in [6.07, 6.45) is 2.10. The van der Waals surface area contributed by atoms with Crippen LogP contribution in [0.4, 0.5) is 10.1 Å². The molecule has 0 spiro atoms. The van der Waals surface area contributed by atoms with Crippen LogP contribution in [0.2, 0.25) is 5.02 Å². The predicted molar refractivity (Wildman–Crippen MR) is 165 cm³/mol. The molecule has 0 unspecified atom stereocenters. The highest BCUT2D eigenvalue weighted by atomic mass is 35.5. The number of anilines is 1. The number of amides is 1. The molecule has 0 aliphatic carbocycles. The second kappa shape index (κ2) is 12.5. The van der Waals surface area contributed by atoms with Gasteiger partial charge in [-0.25, -0.2) is 9.18 Å². The lowest BCUT2D eigenvalue weighted by molar-refractivity contribution is 0.102. The second-order valence-corrected chi connectivity index (χ2v) is 10.9. The molecule has 0 radical (unpaired) electrons. The molecule has 0 bridgehead atoms. The van der Waals surface area contributed by atoms with E-state index in [9.17, 15) is 14.4 Å². The number of nitrogens with one attached hydrogen (secondary N) is 2. The Morgan fingerprint density at radius 2 is 1.84 bits per heavy atom. The molecule has 1 amide bonds. The Kier molecular flexibility index (Phi) is 8.82. The largest absolute Gasteiger partial charge is 0.496 e. The number of ether oxygens (including phenoxy) is 2. The molecule has 1 saturated heterocycles. The number of rotatable bonds is 8. The van der Waals surface area contributed by atoms with Crippen LogP contribution in [0.1, 0.15) is 27.9 Å². The molecule has 2 heterocycles. The van der Waals surface area contributed by atoms with Gasteiger partial charge in [0.05, 0.1) is 18.7 Å². The molecule has 3 aromatic carbocycles. The van der Waals surface area contributed by atoms with E-state index in [-0.39, 0.29) is 11.6 Å². The van der Waals surface area contributed by atoms with Gasteiger partial charge >= 0.3 is 5.69 Å². The monoisotopic (exact) mass is 606 g/mol. The van der Waals surface area contributed by atoms with E-state index in [0.29, 0.717) is 64.0 Å². The average molecular weight is 607 g/mol. The van der Waals surface area contributed by atoms with Crippen molar-refractivity contribution in [2.45, 2.75) is 25.9 Å². The van der Waals surface area contributed by atoms with Gasteiger partial charge in [0.25, 0.3) is 11.5 Å². The Bertz CT molecular complexity index is 1830. The number of halogens is 2. The number of aromatic nitrogens is 2. The van der Waals surface area contributed by atoms with Crippen molar-refractivity contribution in [3.63, 3.8) is 0 Å². The minimum Gasteiger partial charge on any atom is -0.496 e. The van der Waals surface area contributed by atoms with E-state index >= 15 is 4.39 Å². The number of hydrogen-bond acceptors (Lipinski definition) is 6. The summed E-state index contributed by atoms with van der Waals surface area (Å²) in [5.41, 5.74) is 2.80. The summed E-state index contributed by atoms with van der Waals surface area (Å²) in [4.78, 5) is 37.7. The zero-order valence-corrected chi connectivity index (χ0v) is 25.0. The summed E-state index contributed by atoms with van der Waals surface area (Å²) in [6.45, 7) is 3.42. The van der Waals surface area contributed by atoms with E-state index in [1.165, 1.54) is 38.0 Å². The smallest absolute Gasteiger partial charge is 0.330 e. The number of hydrogen-bond donors (Lipinski definition) is 2. The minimum absolute atomic E-state index is 0.166. The van der Waals surface area contributed by atoms with Crippen molar-refractivity contribution in [1.82, 2.24) is 14.5 Å². The molecular formula is C32H32ClFN4O5. The first-order valence-electron chi connectivity index (χ1n) is 13.7. The lowest BCUT2D eigenvalue weighted by atomic mass is 9.94. The Labute approximate surface area is 252 Å². The topological polar surface area (TPSA) is 104 Å². The predicted octanol–water partition coefficient (Wildman–Crippen LogP) is 4.66. The molecular weight excluding hydrogens is 575 g/mol. The molecule has 1 fully saturated rings. The van der Waals surface area contributed by atoms with E-state index in [1.807, 2.05) is 31.2 Å². The summed E-state index contributed by atoms with van der Waals surface area (Å²) in [5, 5.41) is 6.51. The van der Waals surface area contributed by atoms with Gasteiger partial charge in [-0.3, -0.25) is 14.2 Å². The van der Waals surface area contributed by atoms with Gasteiger partial charge < -0.3 is 24.7 Å². The van der Waals surface area contributed by atoms with Crippen LogP contribution in [0.5, 0.6) is 5.75 Å². The summed E-state index contributed by atoms with van der Waals surface area (Å²) in [6, 6.07) is 14.2. The number of nitrogens with zero attached hydrogens (tertiary/aromatic N) is 2. The Morgan fingerprint density at radius 3 is 2.56 bits per heavy atom. The lowest BCUT2D eigenvalue weighted by Crippen LogP contribution is -2.40. The van der Waals surface area contributed by atoms with Crippen LogP contribution in [0.3, 0.4) is 0 Å². The molecule has 1 aliphatic rings. The highest BCUT2D eigenvalue weighted by molar-refractivity contribution is 6.36. The van der Waals surface area contributed by atoms with E-state index in [4.69, 9.17) is 21.1 Å². The maximum absolute atomic E-state index is 15.4. The van der Waals surface area contributed by atoms with Crippen molar-refractivity contribution >= 4 is 23.2 Å². The van der Waals surface area contributed by atoms with Crippen molar-refractivity contribution < 1.29 is 18.7 Å². The Hall–Kier alpha value is -4.25. The molecule has 1 aromatic heterocycles. The van der Waals surface area contributed by atoms with Gasteiger partial charge in [0.15, 0.2) is 0 Å². The fraction of sp³-hybridized carbons (Fsp3) is 0.281. The molecule has 2 N–H and O–H groups in total. The van der Waals surface area contributed by atoms with Crippen LogP contribution in [0, 0.1) is 12.7 Å². The van der Waals surface area contributed by atoms with Gasteiger partial charge in [0.1, 0.15) is 17.1 Å². The zero-order chi connectivity index (χ0) is 30.8. The zero-order valence-electron chi connectivity index (χ0n) is 24.3. The fourth-order valence-electron chi connectivity index (χ4n) is 5.24. The van der Waals surface area contributed by atoms with Gasteiger partial charge in [-0.1, -0.05) is 41.9 Å². The van der Waals surface area contributed by atoms with Gasteiger partial charge in [-0.2, -0.15) is 0 Å². The third kappa shape index (κ3) is 5.99. The van der Waals surface area contributed by atoms with Crippen LogP contribution >= 0.6 is 11.6 Å². The molecule has 9 nitrogen and oxygen atoms in total. The molecule has 224 valence electrons. The molecule has 1 atom stereocenters. The van der Waals surface area contributed by atoms with Crippen molar-refractivity contribution in [3.05, 3.63) is 103 Å². The normalized spacial score (nSPS) is 14.6. The van der Waals surface area contributed by atoms with Crippen LogP contribution in [0.25, 0.3) is 22.3 Å². The van der Waals surface area contributed by atoms with Gasteiger partial charge in [-0.05, 0) is 48.2 Å². The van der Waals surface area contributed by atoms with Crippen LogP contribution in [-0.2, 0) is 25.4 Å². The first kappa shape index (κ1) is 30.2. The summed E-state index contributed by atoms with van der Waals surface area (Å²) < 4.78 is 28.4. The third-order valence-electron chi connectivity index (χ3n) is 7.74. The highest BCUT2D eigenvalue weighted by Crippen LogP contribution is 2.40. The minimum atomic E-state index is -0.692. The molecule has 0 saturated carbocycles. The van der Waals surface area contributed by atoms with E-state index in [2.05, 4.69) is 10.6 Å². The fourth-order valence-corrected chi connectivity index (χ4v) is 5.58. The van der Waals surface area contributed by atoms with Crippen LogP contribution < -0.4 is 26.6 Å². The SMILES string of the molecule is COc1cc(-c2cccc(-c3cccc(NC(=O)c4cn(C)c(=O)n(C)c4=O)c3C)c2Cl)cc(F)c1CN[C@@H]1CCOC1. The van der Waals surface area contributed by atoms with Crippen molar-refractivity contribution in [3.8, 4) is 28.0 Å². The van der Waals surface area contributed by atoms with Crippen molar-refractivity contribution in [2.24, 2.45) is 14.1 Å². The number of methoxy groups -OCH3 is 1. The van der Waals surface area contributed by atoms with Crippen LogP contribution in [0.15, 0.2) is 64.3 Å². The quantitative estimate of drug-likeness (QED) is 0.302. The van der Waals surface area contributed by atoms with Gasteiger partial charge in [0, 0.05) is 61.9 Å². The number of carbonyl (C=O) groups is 1. The highest BCUT2D eigenvalue weighted by Gasteiger charge is 2.21. The summed E-state index contributed by atoms with van der Waals surface area (Å²) >= 11 is 6.96. The molecule has 1 aliphatic heterocycles. The van der Waals surface area contributed by atoms with Crippen LogP contribution in [-0.4, -0.2) is 41.4 Å². The van der Waals surface area contributed by atoms with Gasteiger partial charge in [0.2, 0.25) is 0 Å². The maximum Gasteiger partial charge on any atom is 0.330 e. The van der Waals surface area contributed by atoms with E-state index in [0.717, 1.165) is 16.6 Å². The summed E-state index contributed by atoms with van der Waals surface area (Å²) in [5.74, 6) is -0.644. The van der Waals surface area contributed by atoms with Gasteiger partial charge in [-0.15, -0.1) is 0 Å². The molecule has 43 heavy (non-hydrogen) atoms. The summed E-state index contributed by atoms with van der Waals surface area (Å²) in [7, 11) is 4.30. The number of carbonyl (C=O) groups excluding carboxylic acids is 1. The Morgan fingerprint density at radius 1 is 1.12 bits per heavy atom. The second-order valence-electron chi connectivity index (χ2n) is 10.5. The first-order valence-corrected chi connectivity index (χ1v) is 14.1. The Balaban J connectivity index is 1.47.